The Bertz CT molecular complexity index is 670. The molecule has 1 unspecified atom stereocenters. The lowest BCUT2D eigenvalue weighted by molar-refractivity contribution is -0.161. The predicted octanol–water partition coefficient (Wildman–Crippen LogP) is 1.82. The van der Waals surface area contributed by atoms with Crippen LogP contribution >= 0.6 is 0 Å². The molecule has 0 aromatic heterocycles. The number of hydrogen-bond acceptors (Lipinski definition) is 5. The molecular formula is C18H25F4N3O3. The minimum atomic E-state index is -3.11. The molecular weight excluding hydrogens is 382 g/mol. The summed E-state index contributed by atoms with van der Waals surface area (Å²) in [7, 11) is 0. The summed E-state index contributed by atoms with van der Waals surface area (Å²) < 4.78 is 60.6. The topological polar surface area (TPSA) is 61.9 Å². The van der Waals surface area contributed by atoms with E-state index in [1.807, 2.05) is 0 Å². The van der Waals surface area contributed by atoms with Crippen LogP contribution in [0.3, 0.4) is 0 Å². The van der Waals surface area contributed by atoms with Crippen molar-refractivity contribution in [2.45, 2.75) is 50.6 Å². The minimum Gasteiger partial charge on any atom is -0.461 e. The molecule has 1 N–H and O–H groups in total. The van der Waals surface area contributed by atoms with Crippen molar-refractivity contribution in [3.05, 3.63) is 12.7 Å². The third kappa shape index (κ3) is 3.76. The first-order chi connectivity index (χ1) is 12.9. The molecule has 6 nitrogen and oxygen atoms in total. The van der Waals surface area contributed by atoms with Gasteiger partial charge in [-0.1, -0.05) is 12.7 Å². The van der Waals surface area contributed by atoms with Gasteiger partial charge in [0.25, 0.3) is 11.8 Å². The maximum atomic E-state index is 14.4. The number of hydrazine groups is 1. The second-order valence-electron chi connectivity index (χ2n) is 8.32. The fraction of sp³-hybridized carbons (Fsp3) is 0.778. The first kappa shape index (κ1) is 21.0. The van der Waals surface area contributed by atoms with E-state index in [-0.39, 0.29) is 26.1 Å². The van der Waals surface area contributed by atoms with E-state index >= 15 is 0 Å². The van der Waals surface area contributed by atoms with Gasteiger partial charge in [-0.3, -0.25) is 14.6 Å². The van der Waals surface area contributed by atoms with Gasteiger partial charge in [0.15, 0.2) is 0 Å². The minimum absolute atomic E-state index is 0.0278. The third-order valence-electron chi connectivity index (χ3n) is 5.64. The Morgan fingerprint density at radius 2 is 1.93 bits per heavy atom. The first-order valence-corrected chi connectivity index (χ1v) is 9.26. The molecule has 1 saturated carbocycles. The molecule has 0 bridgehead atoms. The molecule has 2 heterocycles. The molecule has 2 saturated heterocycles. The van der Waals surface area contributed by atoms with E-state index in [1.165, 1.54) is 11.1 Å². The summed E-state index contributed by atoms with van der Waals surface area (Å²) in [6.45, 7) is 6.02. The number of rotatable bonds is 7. The molecule has 158 valence electrons. The molecule has 0 radical (unpaired) electrons. The number of esters is 1. The highest BCUT2D eigenvalue weighted by molar-refractivity contribution is 5.83. The molecule has 0 aromatic carbocycles. The molecule has 28 heavy (non-hydrogen) atoms. The normalized spacial score (nSPS) is 30.8. The largest absolute Gasteiger partial charge is 0.461 e. The highest BCUT2D eigenvalue weighted by Gasteiger charge is 2.66. The van der Waals surface area contributed by atoms with Crippen LogP contribution in [0.25, 0.3) is 0 Å². The van der Waals surface area contributed by atoms with Crippen LogP contribution in [0.1, 0.15) is 26.7 Å². The predicted molar refractivity (Wildman–Crippen MR) is 91.6 cm³/mol. The molecule has 0 aromatic rings. The Hall–Kier alpha value is -1.68. The van der Waals surface area contributed by atoms with Crippen LogP contribution in [0.2, 0.25) is 0 Å². The average molecular weight is 407 g/mol. The van der Waals surface area contributed by atoms with Crippen molar-refractivity contribution in [3.63, 3.8) is 0 Å². The quantitative estimate of drug-likeness (QED) is 0.396. The number of halogens is 4. The van der Waals surface area contributed by atoms with Crippen LogP contribution in [0, 0.1) is 11.3 Å². The second kappa shape index (κ2) is 6.98. The average Bonchev–Trinajstić information content (AvgIpc) is 2.96. The Morgan fingerprint density at radius 3 is 2.50 bits per heavy atom. The summed E-state index contributed by atoms with van der Waals surface area (Å²) in [5.74, 6) is -9.02. The van der Waals surface area contributed by atoms with E-state index in [4.69, 9.17) is 4.74 Å². The number of carbonyl (C=O) groups excluding carboxylic acids is 2. The van der Waals surface area contributed by atoms with Crippen molar-refractivity contribution in [1.29, 1.82) is 0 Å². The Balaban J connectivity index is 1.74. The van der Waals surface area contributed by atoms with Crippen molar-refractivity contribution in [2.75, 3.05) is 26.2 Å². The van der Waals surface area contributed by atoms with E-state index in [9.17, 15) is 27.2 Å². The number of ether oxygens (including phenoxy) is 1. The first-order valence-electron chi connectivity index (χ1n) is 9.26. The fourth-order valence-corrected chi connectivity index (χ4v) is 3.77. The zero-order valence-corrected chi connectivity index (χ0v) is 15.9. The van der Waals surface area contributed by atoms with Gasteiger partial charge in [-0.15, -0.1) is 0 Å². The summed E-state index contributed by atoms with van der Waals surface area (Å²) in [4.78, 5) is 24.7. The van der Waals surface area contributed by atoms with Gasteiger partial charge in [-0.05, 0) is 20.3 Å². The van der Waals surface area contributed by atoms with Gasteiger partial charge in [0, 0.05) is 19.0 Å². The summed E-state index contributed by atoms with van der Waals surface area (Å²) in [5, 5.41) is 4.87. The molecule has 3 aliphatic rings. The van der Waals surface area contributed by atoms with Crippen LogP contribution in [-0.4, -0.2) is 72.1 Å². The van der Waals surface area contributed by atoms with Gasteiger partial charge in [-0.25, -0.2) is 22.6 Å². The smallest absolute Gasteiger partial charge is 0.311 e. The summed E-state index contributed by atoms with van der Waals surface area (Å²) >= 11 is 0. The van der Waals surface area contributed by atoms with Crippen LogP contribution in [-0.2, 0) is 14.3 Å². The van der Waals surface area contributed by atoms with E-state index in [1.54, 1.807) is 13.8 Å². The number of nitrogens with one attached hydrogen (secondary N) is 1. The van der Waals surface area contributed by atoms with Crippen molar-refractivity contribution < 1.29 is 31.9 Å². The Morgan fingerprint density at radius 1 is 1.29 bits per heavy atom. The maximum absolute atomic E-state index is 14.4. The van der Waals surface area contributed by atoms with E-state index in [2.05, 4.69) is 11.9 Å². The number of carbonyl (C=O) groups is 2. The van der Waals surface area contributed by atoms with E-state index in [0.29, 0.717) is 0 Å². The highest BCUT2D eigenvalue weighted by Crippen LogP contribution is 2.50. The molecule has 3 atom stereocenters. The van der Waals surface area contributed by atoms with Crippen molar-refractivity contribution >= 4 is 11.9 Å². The number of nitrogens with zero attached hydrogens (tertiary/aromatic N) is 2. The summed E-state index contributed by atoms with van der Waals surface area (Å²) in [6.07, 6.45) is 0.974. The molecule has 1 amide bonds. The highest BCUT2D eigenvalue weighted by atomic mass is 19.3. The van der Waals surface area contributed by atoms with E-state index in [0.717, 1.165) is 5.01 Å². The molecule has 2 aliphatic heterocycles. The summed E-state index contributed by atoms with van der Waals surface area (Å²) in [6, 6.07) is -2.02. The molecule has 10 heteroatoms. The van der Waals surface area contributed by atoms with Crippen LogP contribution in [0.4, 0.5) is 17.6 Å². The molecule has 3 rings (SSSR count). The van der Waals surface area contributed by atoms with Gasteiger partial charge >= 0.3 is 5.97 Å². The fourth-order valence-electron chi connectivity index (χ4n) is 3.77. The lowest BCUT2D eigenvalue weighted by Gasteiger charge is -2.36. The number of hydrogen-bond donors (Lipinski definition) is 1. The van der Waals surface area contributed by atoms with Gasteiger partial charge in [0.2, 0.25) is 5.91 Å². The molecule has 3 fully saturated rings. The van der Waals surface area contributed by atoms with Crippen molar-refractivity contribution in [1.82, 2.24) is 15.3 Å². The van der Waals surface area contributed by atoms with Crippen molar-refractivity contribution in [2.24, 2.45) is 11.3 Å². The second-order valence-corrected chi connectivity index (χ2v) is 8.32. The number of alkyl halides is 4. The molecule has 1 aliphatic carbocycles. The van der Waals surface area contributed by atoms with Crippen LogP contribution in [0.15, 0.2) is 12.7 Å². The van der Waals surface area contributed by atoms with E-state index < -0.39 is 60.1 Å². The zero-order chi connectivity index (χ0) is 20.9. The zero-order valence-electron chi connectivity index (χ0n) is 15.9. The Kier molecular flexibility index (Phi) is 5.24. The van der Waals surface area contributed by atoms with Gasteiger partial charge in [0.1, 0.15) is 18.6 Å². The lowest BCUT2D eigenvalue weighted by atomic mass is 9.89. The summed E-state index contributed by atoms with van der Waals surface area (Å²) in [5.41, 5.74) is -0.999. The van der Waals surface area contributed by atoms with Gasteiger partial charge in [-0.2, -0.15) is 0 Å². The van der Waals surface area contributed by atoms with Crippen molar-refractivity contribution in [3.8, 4) is 0 Å². The molecule has 0 spiro atoms. The number of amides is 1. The Labute approximate surface area is 160 Å². The third-order valence-corrected chi connectivity index (χ3v) is 5.64. The van der Waals surface area contributed by atoms with Crippen LogP contribution in [0.5, 0.6) is 0 Å². The van der Waals surface area contributed by atoms with Gasteiger partial charge in [0.05, 0.1) is 18.5 Å². The lowest BCUT2D eigenvalue weighted by Crippen LogP contribution is -2.53. The monoisotopic (exact) mass is 407 g/mol. The SMILES string of the molecule is C=CCOC(=O)C(C)(C)CCN1[C@@H]2[C@H](CN1C(=O)C1CC1(F)F)NCC2(F)F. The van der Waals surface area contributed by atoms with Gasteiger partial charge < -0.3 is 10.1 Å². The maximum Gasteiger partial charge on any atom is 0.311 e. The number of fused-ring (bicyclic) bond motifs is 1. The standard InChI is InChI=1S/C18H25F4N3O3/c1-4-7-28-15(27)16(2,3)5-6-24-13-12(23-10-18(13,21)22)9-25(24)14(26)11-8-17(11,19)20/h4,11-13,23H,1,5-10H2,2-3H3/t11?,12-,13+/m0/s1. The van der Waals surface area contributed by atoms with Crippen LogP contribution < -0.4 is 5.32 Å².